The minimum Gasteiger partial charge on any atom is -0.481 e. The van der Waals surface area contributed by atoms with E-state index in [1.807, 2.05) is 13.0 Å². The van der Waals surface area contributed by atoms with Gasteiger partial charge >= 0.3 is 0 Å². The number of imidazole rings is 1. The zero-order valence-electron chi connectivity index (χ0n) is 22.0. The fraction of sp³-hybridized carbons (Fsp3) is 0.360. The van der Waals surface area contributed by atoms with Crippen LogP contribution in [0.1, 0.15) is 48.2 Å². The van der Waals surface area contributed by atoms with Crippen LogP contribution >= 0.6 is 34.3 Å². The van der Waals surface area contributed by atoms with Crippen molar-refractivity contribution in [2.75, 3.05) is 41.3 Å². The number of rotatable bonds is 6. The fourth-order valence-electron chi connectivity index (χ4n) is 4.39. The largest absolute Gasteiger partial charge is 0.481 e. The molecular weight excluding hydrogens is 562 g/mol. The highest BCUT2D eigenvalue weighted by Gasteiger charge is 2.38. The fourth-order valence-corrected chi connectivity index (χ4v) is 6.36. The predicted octanol–water partition coefficient (Wildman–Crippen LogP) is 3.17. The van der Waals surface area contributed by atoms with Gasteiger partial charge in [-0.05, 0) is 25.1 Å². The first kappa shape index (κ1) is 27.0. The minimum atomic E-state index is -0.497. The highest BCUT2D eigenvalue weighted by Crippen LogP contribution is 2.39. The first-order valence-corrected chi connectivity index (χ1v) is 14.1. The Labute approximate surface area is 237 Å². The van der Waals surface area contributed by atoms with Gasteiger partial charge in [-0.15, -0.1) is 11.3 Å². The molecule has 14 heteroatoms. The molecule has 0 aliphatic carbocycles. The first-order chi connectivity index (χ1) is 18.5. The van der Waals surface area contributed by atoms with E-state index < -0.39 is 6.04 Å². The van der Waals surface area contributed by atoms with Gasteiger partial charge < -0.3 is 19.4 Å². The van der Waals surface area contributed by atoms with Gasteiger partial charge in [-0.1, -0.05) is 22.9 Å². The number of fused-ring (bicyclic) bond motifs is 3. The molecule has 3 amide bonds. The van der Waals surface area contributed by atoms with Crippen molar-refractivity contribution in [1.29, 1.82) is 0 Å². The van der Waals surface area contributed by atoms with Gasteiger partial charge in [0.1, 0.15) is 16.7 Å². The van der Waals surface area contributed by atoms with Crippen LogP contribution in [0.3, 0.4) is 0 Å². The first-order valence-electron chi connectivity index (χ1n) is 12.0. The molecule has 0 aromatic carbocycles. The second-order valence-electron chi connectivity index (χ2n) is 9.41. The molecule has 4 aromatic heterocycles. The molecule has 5 heterocycles. The Bertz CT molecular complexity index is 1590. The number of carbonyl (C=O) groups is 3. The van der Waals surface area contributed by atoms with Crippen LogP contribution in [0.2, 0.25) is 5.15 Å². The third kappa shape index (κ3) is 5.09. The van der Waals surface area contributed by atoms with Gasteiger partial charge in [-0.3, -0.25) is 14.4 Å². The number of hydrogen-bond acceptors (Lipinski definition) is 9. The van der Waals surface area contributed by atoms with Crippen LogP contribution in [-0.4, -0.2) is 93.3 Å². The van der Waals surface area contributed by atoms with Gasteiger partial charge in [0.25, 0.3) is 17.7 Å². The van der Waals surface area contributed by atoms with Crippen molar-refractivity contribution in [2.24, 2.45) is 0 Å². The van der Waals surface area contributed by atoms with Crippen LogP contribution in [-0.2, 0) is 11.2 Å². The standard InChI is InChI=1S/C25H26ClN7O4S2/c1-13-29-33-20-15(28-25(33)39-13)8-9-32(21(20)18-10-14(12-38-18)23(35)30(2)3)19(34)11-37-17-7-6-16(27-22(17)26)24(36)31(4)5/h6-7,10,12,21H,8-9,11H2,1-5H3. The molecule has 0 saturated heterocycles. The Morgan fingerprint density at radius 3 is 2.56 bits per heavy atom. The Balaban J connectivity index is 1.45. The summed E-state index contributed by atoms with van der Waals surface area (Å²) < 4.78 is 7.56. The number of ether oxygens (including phenoxy) is 1. The maximum absolute atomic E-state index is 13.6. The maximum atomic E-state index is 13.6. The highest BCUT2D eigenvalue weighted by atomic mass is 35.5. The Hall–Kier alpha value is -3.55. The third-order valence-corrected chi connectivity index (χ3v) is 8.31. The molecule has 4 aromatic rings. The molecule has 1 unspecified atom stereocenters. The number of halogens is 1. The summed E-state index contributed by atoms with van der Waals surface area (Å²) in [7, 11) is 6.64. The second-order valence-corrected chi connectivity index (χ2v) is 11.9. The molecule has 0 spiro atoms. The van der Waals surface area contributed by atoms with E-state index in [9.17, 15) is 14.4 Å². The summed E-state index contributed by atoms with van der Waals surface area (Å²) in [5.41, 5.74) is 2.42. The lowest BCUT2D eigenvalue weighted by Crippen LogP contribution is -2.43. The zero-order valence-corrected chi connectivity index (χ0v) is 24.4. The molecule has 0 bridgehead atoms. The van der Waals surface area contributed by atoms with Crippen molar-refractivity contribution in [3.05, 3.63) is 61.3 Å². The van der Waals surface area contributed by atoms with Crippen LogP contribution in [0, 0.1) is 6.92 Å². The number of nitrogens with zero attached hydrogens (tertiary/aromatic N) is 7. The van der Waals surface area contributed by atoms with Crippen LogP contribution in [0.5, 0.6) is 5.75 Å². The average Bonchev–Trinajstić information content (AvgIpc) is 3.60. The molecule has 1 aliphatic heterocycles. The van der Waals surface area contributed by atoms with E-state index in [0.29, 0.717) is 18.5 Å². The van der Waals surface area contributed by atoms with E-state index in [2.05, 4.69) is 10.1 Å². The molecule has 5 rings (SSSR count). The molecule has 0 saturated carbocycles. The van der Waals surface area contributed by atoms with Gasteiger partial charge in [0.2, 0.25) is 4.96 Å². The molecular formula is C25H26ClN7O4S2. The van der Waals surface area contributed by atoms with Gasteiger partial charge in [0.15, 0.2) is 17.5 Å². The molecule has 11 nitrogen and oxygen atoms in total. The lowest BCUT2D eigenvalue weighted by atomic mass is 10.0. The van der Waals surface area contributed by atoms with Gasteiger partial charge in [0.05, 0.1) is 17.0 Å². The van der Waals surface area contributed by atoms with E-state index in [4.69, 9.17) is 21.3 Å². The van der Waals surface area contributed by atoms with Crippen molar-refractivity contribution in [2.45, 2.75) is 19.4 Å². The lowest BCUT2D eigenvalue weighted by Gasteiger charge is -2.34. The van der Waals surface area contributed by atoms with Crippen LogP contribution in [0.25, 0.3) is 4.96 Å². The Morgan fingerprint density at radius 1 is 1.13 bits per heavy atom. The third-order valence-electron chi connectivity index (χ3n) is 6.23. The van der Waals surface area contributed by atoms with Crippen molar-refractivity contribution >= 4 is 57.0 Å². The highest BCUT2D eigenvalue weighted by molar-refractivity contribution is 7.16. The van der Waals surface area contributed by atoms with E-state index in [0.717, 1.165) is 26.2 Å². The van der Waals surface area contributed by atoms with Crippen LogP contribution in [0.4, 0.5) is 0 Å². The molecule has 204 valence electrons. The topological polar surface area (TPSA) is 113 Å². The molecule has 1 aliphatic rings. The average molecular weight is 588 g/mol. The number of aromatic nitrogens is 4. The van der Waals surface area contributed by atoms with E-state index >= 15 is 0 Å². The summed E-state index contributed by atoms with van der Waals surface area (Å²) in [4.78, 5) is 53.5. The van der Waals surface area contributed by atoms with Crippen LogP contribution in [0.15, 0.2) is 23.6 Å². The Kier molecular flexibility index (Phi) is 7.31. The quantitative estimate of drug-likeness (QED) is 0.318. The monoisotopic (exact) mass is 587 g/mol. The lowest BCUT2D eigenvalue weighted by molar-refractivity contribution is -0.135. The predicted molar refractivity (Wildman–Crippen MR) is 148 cm³/mol. The van der Waals surface area contributed by atoms with Crippen molar-refractivity contribution in [3.63, 3.8) is 0 Å². The summed E-state index contributed by atoms with van der Waals surface area (Å²) in [6, 6.07) is 4.37. The molecule has 39 heavy (non-hydrogen) atoms. The normalized spacial score (nSPS) is 14.8. The summed E-state index contributed by atoms with van der Waals surface area (Å²) in [6.45, 7) is 2.04. The van der Waals surface area contributed by atoms with Gasteiger partial charge in [-0.2, -0.15) is 5.10 Å². The zero-order chi connectivity index (χ0) is 28.0. The summed E-state index contributed by atoms with van der Waals surface area (Å²) in [5.74, 6) is -0.479. The summed E-state index contributed by atoms with van der Waals surface area (Å²) in [5, 5.41) is 7.30. The van der Waals surface area contributed by atoms with Crippen LogP contribution < -0.4 is 4.74 Å². The van der Waals surface area contributed by atoms with Gasteiger partial charge in [-0.25, -0.2) is 14.5 Å². The van der Waals surface area contributed by atoms with Crippen molar-refractivity contribution in [1.82, 2.24) is 34.3 Å². The maximum Gasteiger partial charge on any atom is 0.271 e. The number of carbonyl (C=O) groups excluding carboxylic acids is 3. The molecule has 0 N–H and O–H groups in total. The minimum absolute atomic E-state index is 0.00600. The smallest absolute Gasteiger partial charge is 0.271 e. The summed E-state index contributed by atoms with van der Waals surface area (Å²) >= 11 is 9.17. The number of pyridine rings is 1. The van der Waals surface area contributed by atoms with E-state index in [-0.39, 0.29) is 40.9 Å². The number of thiophene rings is 1. The van der Waals surface area contributed by atoms with E-state index in [1.165, 1.54) is 44.6 Å². The summed E-state index contributed by atoms with van der Waals surface area (Å²) in [6.07, 6.45) is 0.561. The molecule has 1 atom stereocenters. The molecule has 0 radical (unpaired) electrons. The SMILES string of the molecule is Cc1nn2c3c(nc2s1)CCN(C(=O)COc1ccc(C(=O)N(C)C)nc1Cl)C3c1cc(C(=O)N(C)C)cs1. The van der Waals surface area contributed by atoms with Gasteiger partial charge in [0, 0.05) is 51.4 Å². The Morgan fingerprint density at radius 2 is 1.87 bits per heavy atom. The number of amides is 3. The van der Waals surface area contributed by atoms with Crippen molar-refractivity contribution in [3.8, 4) is 5.75 Å². The van der Waals surface area contributed by atoms with E-state index in [1.54, 1.807) is 43.0 Å². The second kappa shape index (κ2) is 10.5. The molecule has 0 fully saturated rings. The number of hydrogen-bond donors (Lipinski definition) is 0. The van der Waals surface area contributed by atoms with Crippen molar-refractivity contribution < 1.29 is 19.1 Å². The number of aryl methyl sites for hydroxylation is 1.